The zero-order chi connectivity index (χ0) is 11.5. The van der Waals surface area contributed by atoms with Crippen LogP contribution in [0.1, 0.15) is 39.0 Å². The zero-order valence-electron chi connectivity index (χ0n) is 9.91. The van der Waals surface area contributed by atoms with Crippen LogP contribution < -0.4 is 0 Å². The van der Waals surface area contributed by atoms with Gasteiger partial charge in [0.1, 0.15) is 0 Å². The normalized spacial score (nSPS) is 49.4. The van der Waals surface area contributed by atoms with Crippen LogP contribution in [0.15, 0.2) is 12.2 Å². The minimum atomic E-state index is -0.428. The number of carbonyl (C=O) groups is 1. The summed E-state index contributed by atoms with van der Waals surface area (Å²) in [6.45, 7) is 5.61. The lowest BCUT2D eigenvalue weighted by molar-refractivity contribution is -0.161. The maximum absolute atomic E-state index is 12.2. The molecule has 4 aliphatic carbocycles. The standard InChI is InChI=1S/C14H20O2/c1-8(2)13(15)12-10-3-9-4-11(12)7-14(16,5-9)6-10/h9-12,16H,1,3-7H2,2H3. The predicted molar refractivity (Wildman–Crippen MR) is 61.8 cm³/mol. The number of hydrogen-bond acceptors (Lipinski definition) is 2. The molecule has 0 aromatic carbocycles. The van der Waals surface area contributed by atoms with Crippen LogP contribution in [-0.2, 0) is 4.79 Å². The van der Waals surface area contributed by atoms with Gasteiger partial charge in [0.05, 0.1) is 5.60 Å². The van der Waals surface area contributed by atoms with Gasteiger partial charge in [-0.3, -0.25) is 4.79 Å². The van der Waals surface area contributed by atoms with Crippen LogP contribution in [0.5, 0.6) is 0 Å². The Hall–Kier alpha value is -0.630. The molecule has 4 rings (SSSR count). The topological polar surface area (TPSA) is 37.3 Å². The Morgan fingerprint density at radius 3 is 2.25 bits per heavy atom. The lowest BCUT2D eigenvalue weighted by Crippen LogP contribution is -2.56. The number of allylic oxidation sites excluding steroid dienone is 1. The van der Waals surface area contributed by atoms with Crippen molar-refractivity contribution in [1.82, 2.24) is 0 Å². The number of carbonyl (C=O) groups excluding carboxylic acids is 1. The second kappa shape index (κ2) is 3.19. The predicted octanol–water partition coefficient (Wildman–Crippen LogP) is 2.32. The van der Waals surface area contributed by atoms with Crippen molar-refractivity contribution >= 4 is 5.78 Å². The fourth-order valence-electron chi connectivity index (χ4n) is 4.69. The molecule has 0 aliphatic heterocycles. The van der Waals surface area contributed by atoms with Crippen LogP contribution in [0.3, 0.4) is 0 Å². The second-order valence-corrected chi connectivity index (χ2v) is 6.36. The molecule has 2 nitrogen and oxygen atoms in total. The lowest BCUT2D eigenvalue weighted by atomic mass is 9.49. The first-order chi connectivity index (χ1) is 7.48. The second-order valence-electron chi connectivity index (χ2n) is 6.36. The molecule has 2 heteroatoms. The molecule has 4 saturated carbocycles. The molecule has 2 atom stereocenters. The molecule has 4 bridgehead atoms. The van der Waals surface area contributed by atoms with E-state index in [-0.39, 0.29) is 11.7 Å². The van der Waals surface area contributed by atoms with Gasteiger partial charge in [0, 0.05) is 5.92 Å². The highest BCUT2D eigenvalue weighted by atomic mass is 16.3. The van der Waals surface area contributed by atoms with Gasteiger partial charge in [0.2, 0.25) is 0 Å². The van der Waals surface area contributed by atoms with Crippen LogP contribution in [0.2, 0.25) is 0 Å². The van der Waals surface area contributed by atoms with Crippen LogP contribution in [0.4, 0.5) is 0 Å². The van der Waals surface area contributed by atoms with Crippen molar-refractivity contribution in [3.05, 3.63) is 12.2 Å². The maximum atomic E-state index is 12.2. The van der Waals surface area contributed by atoms with E-state index < -0.39 is 5.60 Å². The Morgan fingerprint density at radius 2 is 1.81 bits per heavy atom. The largest absolute Gasteiger partial charge is 0.390 e. The van der Waals surface area contributed by atoms with E-state index in [1.54, 1.807) is 0 Å². The minimum absolute atomic E-state index is 0.175. The van der Waals surface area contributed by atoms with Gasteiger partial charge in [-0.1, -0.05) is 6.58 Å². The van der Waals surface area contributed by atoms with Crippen LogP contribution in [0, 0.1) is 23.7 Å². The van der Waals surface area contributed by atoms with Crippen molar-refractivity contribution in [2.45, 2.75) is 44.6 Å². The summed E-state index contributed by atoms with van der Waals surface area (Å²) in [5.74, 6) is 1.98. The van der Waals surface area contributed by atoms with E-state index in [0.29, 0.717) is 23.3 Å². The molecule has 4 fully saturated rings. The number of ketones is 1. The van der Waals surface area contributed by atoms with E-state index in [9.17, 15) is 9.90 Å². The monoisotopic (exact) mass is 220 g/mol. The lowest BCUT2D eigenvalue weighted by Gasteiger charge is -2.57. The molecule has 0 aromatic heterocycles. The molecule has 0 amide bonds. The summed E-state index contributed by atoms with van der Waals surface area (Å²) < 4.78 is 0. The van der Waals surface area contributed by atoms with Crippen molar-refractivity contribution in [3.63, 3.8) is 0 Å². The molecule has 0 aromatic rings. The average Bonchev–Trinajstić information content (AvgIpc) is 2.13. The fraction of sp³-hybridized carbons (Fsp3) is 0.786. The summed E-state index contributed by atoms with van der Waals surface area (Å²) in [4.78, 5) is 12.2. The fourth-order valence-corrected chi connectivity index (χ4v) is 4.69. The first kappa shape index (κ1) is 10.5. The highest BCUT2D eigenvalue weighted by Gasteiger charge is 2.56. The summed E-state index contributed by atoms with van der Waals surface area (Å²) in [5.41, 5.74) is 0.270. The van der Waals surface area contributed by atoms with Crippen LogP contribution in [0.25, 0.3) is 0 Å². The molecule has 1 N–H and O–H groups in total. The van der Waals surface area contributed by atoms with Crippen molar-refractivity contribution in [1.29, 1.82) is 0 Å². The van der Waals surface area contributed by atoms with Crippen LogP contribution in [-0.4, -0.2) is 16.5 Å². The van der Waals surface area contributed by atoms with Crippen molar-refractivity contribution in [2.75, 3.05) is 0 Å². The average molecular weight is 220 g/mol. The number of hydrogen-bond donors (Lipinski definition) is 1. The summed E-state index contributed by atoms with van der Waals surface area (Å²) in [5, 5.41) is 10.4. The minimum Gasteiger partial charge on any atom is -0.390 e. The van der Waals surface area contributed by atoms with Gasteiger partial charge >= 0.3 is 0 Å². The highest BCUT2D eigenvalue weighted by Crippen LogP contribution is 2.58. The van der Waals surface area contributed by atoms with E-state index >= 15 is 0 Å². The maximum Gasteiger partial charge on any atom is 0.161 e. The molecule has 0 radical (unpaired) electrons. The Kier molecular flexibility index (Phi) is 2.10. The smallest absolute Gasteiger partial charge is 0.161 e. The van der Waals surface area contributed by atoms with Gasteiger partial charge in [0.15, 0.2) is 5.78 Å². The third-order valence-electron chi connectivity index (χ3n) is 4.96. The van der Waals surface area contributed by atoms with Crippen molar-refractivity contribution in [2.24, 2.45) is 23.7 Å². The Morgan fingerprint density at radius 1 is 1.25 bits per heavy atom. The summed E-state index contributed by atoms with van der Waals surface area (Å²) in [7, 11) is 0. The van der Waals surface area contributed by atoms with E-state index in [0.717, 1.165) is 32.1 Å². The van der Waals surface area contributed by atoms with Gasteiger partial charge in [-0.2, -0.15) is 0 Å². The van der Waals surface area contributed by atoms with Gasteiger partial charge in [-0.05, 0) is 62.4 Å². The summed E-state index contributed by atoms with van der Waals surface area (Å²) in [6.07, 6.45) is 4.99. The van der Waals surface area contributed by atoms with Crippen molar-refractivity contribution in [3.8, 4) is 0 Å². The van der Waals surface area contributed by atoms with E-state index in [1.807, 2.05) is 6.92 Å². The molecule has 0 heterocycles. The van der Waals surface area contributed by atoms with Gasteiger partial charge < -0.3 is 5.11 Å². The summed E-state index contributed by atoms with van der Waals surface area (Å²) in [6, 6.07) is 0. The molecule has 0 spiro atoms. The SMILES string of the molecule is C=C(C)C(=O)C1C2CC3CC1CC(O)(C3)C2. The quantitative estimate of drug-likeness (QED) is 0.725. The number of aliphatic hydroxyl groups is 1. The molecule has 0 saturated heterocycles. The third kappa shape index (κ3) is 1.39. The van der Waals surface area contributed by atoms with Crippen molar-refractivity contribution < 1.29 is 9.90 Å². The number of rotatable bonds is 2. The van der Waals surface area contributed by atoms with Gasteiger partial charge in [0.25, 0.3) is 0 Å². The van der Waals surface area contributed by atoms with Gasteiger partial charge in [-0.15, -0.1) is 0 Å². The first-order valence-electron chi connectivity index (χ1n) is 6.41. The van der Waals surface area contributed by atoms with E-state index in [2.05, 4.69) is 6.58 Å². The molecule has 16 heavy (non-hydrogen) atoms. The molecule has 4 aliphatic rings. The van der Waals surface area contributed by atoms with E-state index in [4.69, 9.17) is 0 Å². The molecule has 88 valence electrons. The Bertz CT molecular complexity index is 342. The summed E-state index contributed by atoms with van der Waals surface area (Å²) >= 11 is 0. The third-order valence-corrected chi connectivity index (χ3v) is 4.96. The zero-order valence-corrected chi connectivity index (χ0v) is 9.91. The van der Waals surface area contributed by atoms with E-state index in [1.165, 1.54) is 0 Å². The molecular formula is C14H20O2. The first-order valence-corrected chi connectivity index (χ1v) is 6.41. The van der Waals surface area contributed by atoms with Crippen LogP contribution >= 0.6 is 0 Å². The Balaban J connectivity index is 1.89. The van der Waals surface area contributed by atoms with Gasteiger partial charge in [-0.25, -0.2) is 0 Å². The molecular weight excluding hydrogens is 200 g/mol. The Labute approximate surface area is 96.7 Å². The number of Topliss-reactive ketones (excluding diaryl/α,β-unsaturated/α-hetero) is 1. The molecule has 2 unspecified atom stereocenters. The highest BCUT2D eigenvalue weighted by molar-refractivity contribution is 5.96.